The number of nitrogens with one attached hydrogen (secondary N) is 3. The number of rotatable bonds is 4. The highest BCUT2D eigenvalue weighted by Gasteiger charge is 2.37. The first-order chi connectivity index (χ1) is 14.3. The average molecular weight is 431 g/mol. The summed E-state index contributed by atoms with van der Waals surface area (Å²) in [5, 5.41) is 6.11. The number of carbonyl (C=O) groups excluding carboxylic acids is 3. The number of aromatic nitrogens is 1. The summed E-state index contributed by atoms with van der Waals surface area (Å²) in [6, 6.07) is 7.02. The van der Waals surface area contributed by atoms with E-state index in [4.69, 9.17) is 0 Å². The van der Waals surface area contributed by atoms with Gasteiger partial charge in [0, 0.05) is 29.9 Å². The highest BCUT2D eigenvalue weighted by Crippen LogP contribution is 2.22. The second-order valence-electron chi connectivity index (χ2n) is 7.38. The summed E-state index contributed by atoms with van der Waals surface area (Å²) >= 11 is 0. The Morgan fingerprint density at radius 1 is 1.20 bits per heavy atom. The smallest absolute Gasteiger partial charge is 0.285 e. The normalized spacial score (nSPS) is 20.8. The number of sulfone groups is 1. The molecule has 0 bridgehead atoms. The van der Waals surface area contributed by atoms with E-state index in [1.807, 2.05) is 24.3 Å². The highest BCUT2D eigenvalue weighted by atomic mass is 32.2. The number of hydrogen-bond donors (Lipinski definition) is 3. The number of para-hydroxylation sites is 1. The van der Waals surface area contributed by atoms with Gasteiger partial charge in [-0.25, -0.2) is 13.4 Å². The minimum atomic E-state index is -3.19. The standard InChI is InChI=1S/C19H21N5O5S/c25-17(9-12-10-20-15-4-2-1-3-14(12)15)21-22-19(27)16-5-6-18(26)24(23-16)13-7-8-30(28,29)11-13/h1-4,10,13,20H,5-9,11H2,(H,21,25)(H,22,27). The van der Waals surface area contributed by atoms with Crippen molar-refractivity contribution >= 4 is 44.2 Å². The number of H-pyrrole nitrogens is 1. The van der Waals surface area contributed by atoms with Crippen molar-refractivity contribution in [3.05, 3.63) is 36.0 Å². The van der Waals surface area contributed by atoms with Crippen LogP contribution in [0.4, 0.5) is 0 Å². The molecule has 1 unspecified atom stereocenters. The van der Waals surface area contributed by atoms with E-state index in [9.17, 15) is 22.8 Å². The molecule has 2 aliphatic heterocycles. The van der Waals surface area contributed by atoms with Gasteiger partial charge < -0.3 is 4.98 Å². The fourth-order valence-corrected chi connectivity index (χ4v) is 5.37. The van der Waals surface area contributed by atoms with Crippen LogP contribution in [-0.2, 0) is 30.6 Å². The van der Waals surface area contributed by atoms with Crippen LogP contribution >= 0.6 is 0 Å². The summed E-state index contributed by atoms with van der Waals surface area (Å²) in [6.07, 6.45) is 2.30. The van der Waals surface area contributed by atoms with Gasteiger partial charge in [0.1, 0.15) is 5.71 Å². The zero-order chi connectivity index (χ0) is 21.3. The zero-order valence-corrected chi connectivity index (χ0v) is 16.9. The minimum absolute atomic E-state index is 0.00237. The number of amides is 3. The van der Waals surface area contributed by atoms with E-state index < -0.39 is 27.7 Å². The van der Waals surface area contributed by atoms with Gasteiger partial charge in [0.05, 0.1) is 24.0 Å². The quantitative estimate of drug-likeness (QED) is 0.586. The molecule has 0 spiro atoms. The van der Waals surface area contributed by atoms with Crippen LogP contribution < -0.4 is 10.9 Å². The zero-order valence-electron chi connectivity index (χ0n) is 16.1. The minimum Gasteiger partial charge on any atom is -0.361 e. The summed E-state index contributed by atoms with van der Waals surface area (Å²) in [7, 11) is -3.19. The Morgan fingerprint density at radius 2 is 2.00 bits per heavy atom. The third kappa shape index (κ3) is 4.20. The summed E-state index contributed by atoms with van der Waals surface area (Å²) < 4.78 is 23.4. The first-order valence-electron chi connectivity index (χ1n) is 9.56. The molecule has 2 aromatic rings. The molecule has 4 rings (SSSR count). The Hall–Kier alpha value is -3.21. The van der Waals surface area contributed by atoms with Crippen LogP contribution in [0, 0.1) is 0 Å². The molecule has 1 saturated heterocycles. The second kappa shape index (κ2) is 7.90. The van der Waals surface area contributed by atoms with Gasteiger partial charge in [-0.3, -0.25) is 25.2 Å². The van der Waals surface area contributed by atoms with Crippen LogP contribution in [0.5, 0.6) is 0 Å². The molecule has 2 aliphatic rings. The van der Waals surface area contributed by atoms with E-state index in [2.05, 4.69) is 20.9 Å². The van der Waals surface area contributed by atoms with Crippen molar-refractivity contribution in [2.45, 2.75) is 31.7 Å². The van der Waals surface area contributed by atoms with Crippen LogP contribution in [0.1, 0.15) is 24.8 Å². The Labute approximate surface area is 172 Å². The summed E-state index contributed by atoms with van der Waals surface area (Å²) in [5.41, 5.74) is 6.47. The first kappa shape index (κ1) is 20.1. The predicted octanol–water partition coefficient (Wildman–Crippen LogP) is 0.0233. The second-order valence-corrected chi connectivity index (χ2v) is 9.61. The van der Waals surface area contributed by atoms with E-state index in [-0.39, 0.29) is 42.4 Å². The predicted molar refractivity (Wildman–Crippen MR) is 109 cm³/mol. The van der Waals surface area contributed by atoms with Crippen molar-refractivity contribution in [1.29, 1.82) is 0 Å². The summed E-state index contributed by atoms with van der Waals surface area (Å²) in [4.78, 5) is 39.8. The molecule has 0 radical (unpaired) electrons. The topological polar surface area (TPSA) is 141 Å². The Kier molecular flexibility index (Phi) is 5.29. The molecule has 1 fully saturated rings. The molecule has 11 heteroatoms. The van der Waals surface area contributed by atoms with Gasteiger partial charge in [0.25, 0.3) is 5.91 Å². The highest BCUT2D eigenvalue weighted by molar-refractivity contribution is 7.91. The number of hydrogen-bond acceptors (Lipinski definition) is 6. The number of hydrazone groups is 1. The van der Waals surface area contributed by atoms with Crippen LogP contribution in [0.15, 0.2) is 35.6 Å². The lowest BCUT2D eigenvalue weighted by atomic mass is 10.1. The number of aromatic amines is 1. The lowest BCUT2D eigenvalue weighted by Crippen LogP contribution is -2.48. The van der Waals surface area contributed by atoms with Gasteiger partial charge in [-0.15, -0.1) is 0 Å². The molecule has 1 aromatic carbocycles. The van der Waals surface area contributed by atoms with Crippen LogP contribution in [0.2, 0.25) is 0 Å². The maximum atomic E-state index is 12.4. The molecule has 1 aromatic heterocycles. The van der Waals surface area contributed by atoms with Crippen molar-refractivity contribution in [3.63, 3.8) is 0 Å². The SMILES string of the molecule is O=C(Cc1c[nH]c2ccccc12)NNC(=O)C1=NN(C2CCS(=O)(=O)C2)C(=O)CC1. The van der Waals surface area contributed by atoms with E-state index in [0.717, 1.165) is 21.5 Å². The molecule has 3 N–H and O–H groups in total. The van der Waals surface area contributed by atoms with Gasteiger partial charge in [-0.1, -0.05) is 18.2 Å². The summed E-state index contributed by atoms with van der Waals surface area (Å²) in [5.74, 6) is -1.49. The fourth-order valence-electron chi connectivity index (χ4n) is 3.68. The number of fused-ring (bicyclic) bond motifs is 1. The van der Waals surface area contributed by atoms with Gasteiger partial charge in [-0.2, -0.15) is 5.10 Å². The number of nitrogens with zero attached hydrogens (tertiary/aromatic N) is 2. The number of carbonyl (C=O) groups is 3. The van der Waals surface area contributed by atoms with E-state index >= 15 is 0 Å². The lowest BCUT2D eigenvalue weighted by molar-refractivity contribution is -0.134. The molecular formula is C19H21N5O5S. The number of benzene rings is 1. The van der Waals surface area contributed by atoms with Crippen LogP contribution in [0.25, 0.3) is 10.9 Å². The molecule has 3 amide bonds. The van der Waals surface area contributed by atoms with Crippen molar-refractivity contribution < 1.29 is 22.8 Å². The molecule has 10 nitrogen and oxygen atoms in total. The molecule has 158 valence electrons. The van der Waals surface area contributed by atoms with Gasteiger partial charge in [0.15, 0.2) is 9.84 Å². The molecular weight excluding hydrogens is 410 g/mol. The molecule has 0 saturated carbocycles. The monoisotopic (exact) mass is 431 g/mol. The van der Waals surface area contributed by atoms with Crippen molar-refractivity contribution in [2.75, 3.05) is 11.5 Å². The molecule has 30 heavy (non-hydrogen) atoms. The van der Waals surface area contributed by atoms with Crippen molar-refractivity contribution in [3.8, 4) is 0 Å². The van der Waals surface area contributed by atoms with Crippen LogP contribution in [-0.4, -0.2) is 59.4 Å². The third-order valence-corrected chi connectivity index (χ3v) is 6.97. The third-order valence-electron chi connectivity index (χ3n) is 5.22. The summed E-state index contributed by atoms with van der Waals surface area (Å²) in [6.45, 7) is 0. The van der Waals surface area contributed by atoms with Crippen molar-refractivity contribution in [2.24, 2.45) is 5.10 Å². The van der Waals surface area contributed by atoms with Gasteiger partial charge in [0.2, 0.25) is 11.8 Å². The number of hydrazine groups is 1. The Morgan fingerprint density at radius 3 is 2.77 bits per heavy atom. The maximum Gasteiger partial charge on any atom is 0.285 e. The molecule has 1 atom stereocenters. The largest absolute Gasteiger partial charge is 0.361 e. The maximum absolute atomic E-state index is 12.4. The van der Waals surface area contributed by atoms with Crippen LogP contribution in [0.3, 0.4) is 0 Å². The fraction of sp³-hybridized carbons (Fsp3) is 0.368. The Bertz CT molecular complexity index is 1150. The van der Waals surface area contributed by atoms with Gasteiger partial charge in [-0.05, 0) is 18.1 Å². The van der Waals surface area contributed by atoms with E-state index in [0.29, 0.717) is 6.42 Å². The lowest BCUT2D eigenvalue weighted by Gasteiger charge is -2.27. The van der Waals surface area contributed by atoms with E-state index in [1.165, 1.54) is 0 Å². The Balaban J connectivity index is 1.36. The first-order valence-corrected chi connectivity index (χ1v) is 11.4. The van der Waals surface area contributed by atoms with Crippen molar-refractivity contribution in [1.82, 2.24) is 20.8 Å². The average Bonchev–Trinajstić information content (AvgIpc) is 3.29. The molecule has 0 aliphatic carbocycles. The van der Waals surface area contributed by atoms with E-state index in [1.54, 1.807) is 6.20 Å². The molecule has 3 heterocycles. The van der Waals surface area contributed by atoms with Gasteiger partial charge >= 0.3 is 0 Å².